The standard InChI is InChI=1S/C21H18FN3O2/c1-2-14-3-7-18(8-4-14)24-20(26)15-11-16(13-23-12-15)21(27)25-19-9-5-17(22)6-10-19/h3-13H,2H2,1H3,(H,24,26)(H,25,27). The minimum atomic E-state index is -0.434. The number of amides is 2. The van der Waals surface area contributed by atoms with Gasteiger partial charge in [-0.05, 0) is 54.4 Å². The minimum absolute atomic E-state index is 0.230. The number of aromatic nitrogens is 1. The lowest BCUT2D eigenvalue weighted by Gasteiger charge is -2.08. The average molecular weight is 363 g/mol. The second-order valence-electron chi connectivity index (χ2n) is 5.93. The van der Waals surface area contributed by atoms with Crippen LogP contribution in [0.15, 0.2) is 67.0 Å². The zero-order chi connectivity index (χ0) is 19.2. The van der Waals surface area contributed by atoms with Gasteiger partial charge >= 0.3 is 0 Å². The van der Waals surface area contributed by atoms with Gasteiger partial charge in [0.2, 0.25) is 0 Å². The molecule has 0 radical (unpaired) electrons. The Morgan fingerprint density at radius 3 is 1.81 bits per heavy atom. The maximum absolute atomic E-state index is 12.9. The Balaban J connectivity index is 1.70. The van der Waals surface area contributed by atoms with E-state index in [-0.39, 0.29) is 22.9 Å². The molecule has 0 aliphatic rings. The van der Waals surface area contributed by atoms with E-state index >= 15 is 0 Å². The summed E-state index contributed by atoms with van der Waals surface area (Å²) in [4.78, 5) is 28.7. The Hall–Kier alpha value is -3.54. The molecule has 0 saturated heterocycles. The Bertz CT molecular complexity index is 954. The van der Waals surface area contributed by atoms with Crippen molar-refractivity contribution in [3.63, 3.8) is 0 Å². The lowest BCUT2D eigenvalue weighted by Crippen LogP contribution is -2.16. The van der Waals surface area contributed by atoms with E-state index in [1.165, 1.54) is 48.3 Å². The van der Waals surface area contributed by atoms with E-state index in [1.54, 1.807) is 0 Å². The van der Waals surface area contributed by atoms with E-state index in [0.29, 0.717) is 11.4 Å². The van der Waals surface area contributed by atoms with E-state index in [1.807, 2.05) is 24.3 Å². The fourth-order valence-electron chi connectivity index (χ4n) is 2.45. The predicted molar refractivity (Wildman–Crippen MR) is 102 cm³/mol. The summed E-state index contributed by atoms with van der Waals surface area (Å²) in [7, 11) is 0. The van der Waals surface area contributed by atoms with E-state index in [0.717, 1.165) is 6.42 Å². The number of benzene rings is 2. The van der Waals surface area contributed by atoms with Crippen LogP contribution in [0.3, 0.4) is 0 Å². The first kappa shape index (κ1) is 18.3. The minimum Gasteiger partial charge on any atom is -0.322 e. The molecule has 0 fully saturated rings. The van der Waals surface area contributed by atoms with Crippen LogP contribution in [0.2, 0.25) is 0 Å². The lowest BCUT2D eigenvalue weighted by atomic mass is 10.1. The van der Waals surface area contributed by atoms with Gasteiger partial charge in [0.15, 0.2) is 0 Å². The number of carbonyl (C=O) groups excluding carboxylic acids is 2. The fourth-order valence-corrected chi connectivity index (χ4v) is 2.45. The number of nitrogens with zero attached hydrogens (tertiary/aromatic N) is 1. The Labute approximate surface area is 156 Å². The van der Waals surface area contributed by atoms with Gasteiger partial charge in [-0.2, -0.15) is 0 Å². The molecule has 136 valence electrons. The molecule has 0 aliphatic carbocycles. The van der Waals surface area contributed by atoms with E-state index in [9.17, 15) is 14.0 Å². The molecule has 5 nitrogen and oxygen atoms in total. The first-order chi connectivity index (χ1) is 13.0. The van der Waals surface area contributed by atoms with Crippen LogP contribution in [0.1, 0.15) is 33.2 Å². The van der Waals surface area contributed by atoms with Gasteiger partial charge < -0.3 is 10.6 Å². The Morgan fingerprint density at radius 2 is 1.33 bits per heavy atom. The third-order valence-corrected chi connectivity index (χ3v) is 3.98. The molecule has 3 aromatic rings. The molecular formula is C21H18FN3O2. The van der Waals surface area contributed by atoms with Crippen LogP contribution < -0.4 is 10.6 Å². The van der Waals surface area contributed by atoms with Crippen molar-refractivity contribution in [2.45, 2.75) is 13.3 Å². The second-order valence-corrected chi connectivity index (χ2v) is 5.93. The van der Waals surface area contributed by atoms with Crippen LogP contribution in [0, 0.1) is 5.82 Å². The molecule has 27 heavy (non-hydrogen) atoms. The van der Waals surface area contributed by atoms with Crippen molar-refractivity contribution in [1.82, 2.24) is 4.98 Å². The molecule has 2 N–H and O–H groups in total. The van der Waals surface area contributed by atoms with Gasteiger partial charge in [-0.3, -0.25) is 14.6 Å². The quantitative estimate of drug-likeness (QED) is 0.710. The van der Waals surface area contributed by atoms with Crippen molar-refractivity contribution < 1.29 is 14.0 Å². The average Bonchev–Trinajstić information content (AvgIpc) is 2.70. The number of hydrogen-bond acceptors (Lipinski definition) is 3. The van der Waals surface area contributed by atoms with Gasteiger partial charge in [0.25, 0.3) is 11.8 Å². The van der Waals surface area contributed by atoms with Crippen molar-refractivity contribution in [2.75, 3.05) is 10.6 Å². The van der Waals surface area contributed by atoms with Gasteiger partial charge in [-0.15, -0.1) is 0 Å². The monoisotopic (exact) mass is 363 g/mol. The molecular weight excluding hydrogens is 345 g/mol. The maximum atomic E-state index is 12.9. The van der Waals surface area contributed by atoms with Crippen LogP contribution in [0.25, 0.3) is 0 Å². The number of pyridine rings is 1. The summed E-state index contributed by atoms with van der Waals surface area (Å²) in [6, 6.07) is 14.4. The molecule has 6 heteroatoms. The van der Waals surface area contributed by atoms with E-state index in [2.05, 4.69) is 22.5 Å². The van der Waals surface area contributed by atoms with Gasteiger partial charge in [-0.1, -0.05) is 19.1 Å². The van der Waals surface area contributed by atoms with Crippen LogP contribution in [-0.2, 0) is 6.42 Å². The number of anilines is 2. The molecule has 0 saturated carbocycles. The fraction of sp³-hybridized carbons (Fsp3) is 0.0952. The summed E-state index contributed by atoms with van der Waals surface area (Å²) < 4.78 is 12.9. The highest BCUT2D eigenvalue weighted by Gasteiger charge is 2.12. The topological polar surface area (TPSA) is 71.1 Å². The van der Waals surface area contributed by atoms with Crippen LogP contribution in [-0.4, -0.2) is 16.8 Å². The molecule has 1 aromatic heterocycles. The summed E-state index contributed by atoms with van der Waals surface area (Å²) in [5.41, 5.74) is 2.79. The second kappa shape index (κ2) is 8.23. The highest BCUT2D eigenvalue weighted by atomic mass is 19.1. The zero-order valence-electron chi connectivity index (χ0n) is 14.7. The molecule has 1 heterocycles. The molecule has 0 unspecified atom stereocenters. The van der Waals surface area contributed by atoms with Crippen LogP contribution in [0.4, 0.5) is 15.8 Å². The lowest BCUT2D eigenvalue weighted by molar-refractivity contribution is 0.102. The van der Waals surface area contributed by atoms with Crippen LogP contribution >= 0.6 is 0 Å². The summed E-state index contributed by atoms with van der Waals surface area (Å²) in [6.07, 6.45) is 3.68. The zero-order valence-corrected chi connectivity index (χ0v) is 14.7. The summed E-state index contributed by atoms with van der Waals surface area (Å²) in [5.74, 6) is -1.18. The first-order valence-corrected chi connectivity index (χ1v) is 8.47. The number of aryl methyl sites for hydroxylation is 1. The largest absolute Gasteiger partial charge is 0.322 e. The van der Waals surface area contributed by atoms with Gasteiger partial charge in [0.05, 0.1) is 11.1 Å². The van der Waals surface area contributed by atoms with Gasteiger partial charge in [0.1, 0.15) is 5.82 Å². The third-order valence-electron chi connectivity index (χ3n) is 3.98. The number of rotatable bonds is 5. The van der Waals surface area contributed by atoms with Crippen molar-refractivity contribution in [1.29, 1.82) is 0 Å². The van der Waals surface area contributed by atoms with Crippen molar-refractivity contribution >= 4 is 23.2 Å². The molecule has 0 spiro atoms. The van der Waals surface area contributed by atoms with Gasteiger partial charge in [0, 0.05) is 23.8 Å². The van der Waals surface area contributed by atoms with Gasteiger partial charge in [-0.25, -0.2) is 4.39 Å². The number of carbonyl (C=O) groups is 2. The molecule has 0 aliphatic heterocycles. The van der Waals surface area contributed by atoms with Crippen LogP contribution in [0.5, 0.6) is 0 Å². The number of nitrogens with one attached hydrogen (secondary N) is 2. The Kier molecular flexibility index (Phi) is 5.56. The summed E-state index contributed by atoms with van der Waals surface area (Å²) in [5, 5.41) is 5.42. The molecule has 2 aromatic carbocycles. The first-order valence-electron chi connectivity index (χ1n) is 8.47. The molecule has 0 bridgehead atoms. The normalized spacial score (nSPS) is 10.3. The summed E-state index contributed by atoms with van der Waals surface area (Å²) in [6.45, 7) is 2.06. The SMILES string of the molecule is CCc1ccc(NC(=O)c2cncc(C(=O)Nc3ccc(F)cc3)c2)cc1. The smallest absolute Gasteiger partial charge is 0.257 e. The molecule has 0 atom stereocenters. The predicted octanol–water partition coefficient (Wildman–Crippen LogP) is 4.29. The highest BCUT2D eigenvalue weighted by molar-refractivity contribution is 6.08. The van der Waals surface area contributed by atoms with Crippen molar-refractivity contribution in [3.8, 4) is 0 Å². The molecule has 3 rings (SSSR count). The molecule has 2 amide bonds. The van der Waals surface area contributed by atoms with E-state index in [4.69, 9.17) is 0 Å². The number of hydrogen-bond donors (Lipinski definition) is 2. The maximum Gasteiger partial charge on any atom is 0.257 e. The summed E-state index contributed by atoms with van der Waals surface area (Å²) >= 11 is 0. The third kappa shape index (κ3) is 4.76. The van der Waals surface area contributed by atoms with Crippen molar-refractivity contribution in [3.05, 3.63) is 89.5 Å². The van der Waals surface area contributed by atoms with E-state index < -0.39 is 5.91 Å². The van der Waals surface area contributed by atoms with Crippen molar-refractivity contribution in [2.24, 2.45) is 0 Å². The number of halogens is 1. The Morgan fingerprint density at radius 1 is 0.852 bits per heavy atom. The highest BCUT2D eigenvalue weighted by Crippen LogP contribution is 2.14.